The highest BCUT2D eigenvalue weighted by Gasteiger charge is 2.52. The van der Waals surface area contributed by atoms with Gasteiger partial charge >= 0.3 is 0 Å². The average molecular weight is 1370 g/mol. The molecule has 2 heterocycles. The van der Waals surface area contributed by atoms with Crippen molar-refractivity contribution >= 4 is 32.3 Å². The molecule has 0 fully saturated rings. The topological polar surface area (TPSA) is 56.5 Å². The predicted octanol–water partition coefficient (Wildman–Crippen LogP) is 26.2. The Kier molecular flexibility index (Phi) is 14.8. The molecule has 2 aliphatic rings. The highest BCUT2D eigenvalue weighted by Crippen LogP contribution is 2.64. The third-order valence-corrected chi connectivity index (χ3v) is 22.3. The van der Waals surface area contributed by atoms with E-state index in [4.69, 9.17) is 19.9 Å². The summed E-state index contributed by atoms with van der Waals surface area (Å²) in [6, 6.07) is 143. The van der Waals surface area contributed by atoms with Gasteiger partial charge in [-0.15, -0.1) is 0 Å². The van der Waals surface area contributed by atoms with Gasteiger partial charge in [-0.25, -0.2) is 19.9 Å². The van der Waals surface area contributed by atoms with Gasteiger partial charge in [0, 0.05) is 39.1 Å². The lowest BCUT2D eigenvalue weighted by atomic mass is 9.70. The van der Waals surface area contributed by atoms with Gasteiger partial charge in [0.2, 0.25) is 0 Å². The fraction of sp³-hybridized carbons (Fsp3) is 0.00971. The second-order valence-electron chi connectivity index (χ2n) is 28.3. The van der Waals surface area contributed by atoms with Crippen LogP contribution in [0.4, 0.5) is 0 Å². The largest absolute Gasteiger partial charge is 0.292 e. The Labute approximate surface area is 626 Å². The first kappa shape index (κ1) is 62.3. The average Bonchev–Trinajstić information content (AvgIpc) is 1.51. The van der Waals surface area contributed by atoms with Crippen molar-refractivity contribution in [3.8, 4) is 152 Å². The zero-order valence-electron chi connectivity index (χ0n) is 58.8. The molecular formula is C103H65N5. The Balaban J connectivity index is 0.655. The number of rotatable bonds is 12. The lowest BCUT2D eigenvalue weighted by Gasteiger charge is -2.31. The van der Waals surface area contributed by atoms with E-state index >= 15 is 0 Å². The van der Waals surface area contributed by atoms with E-state index < -0.39 is 5.41 Å². The van der Waals surface area contributed by atoms with E-state index in [1.165, 1.54) is 93.5 Å². The lowest BCUT2D eigenvalue weighted by molar-refractivity contribution is 0.794. The van der Waals surface area contributed by atoms with Crippen molar-refractivity contribution in [3.05, 3.63) is 417 Å². The van der Waals surface area contributed by atoms with E-state index in [2.05, 4.69) is 399 Å². The molecular weight excluding hydrogens is 1310 g/mol. The molecule has 0 radical (unpaired) electrons. The van der Waals surface area contributed by atoms with Gasteiger partial charge in [-0.05, 0) is 169 Å². The molecule has 2 aliphatic carbocycles. The fourth-order valence-electron chi connectivity index (χ4n) is 17.3. The van der Waals surface area contributed by atoms with Crippen LogP contribution in [0.15, 0.2) is 394 Å². The summed E-state index contributed by atoms with van der Waals surface area (Å²) in [5, 5.41) is 7.18. The Morgan fingerprint density at radius 3 is 1.05 bits per heavy atom. The molecule has 17 aromatic carbocycles. The fourth-order valence-corrected chi connectivity index (χ4v) is 17.3. The van der Waals surface area contributed by atoms with E-state index in [0.717, 1.165) is 95.2 Å². The summed E-state index contributed by atoms with van der Waals surface area (Å²) in [6.07, 6.45) is 0. The van der Waals surface area contributed by atoms with Crippen LogP contribution in [0.5, 0.6) is 0 Å². The molecule has 5 heteroatoms. The van der Waals surface area contributed by atoms with Gasteiger partial charge in [-0.3, -0.25) is 4.57 Å². The maximum absolute atomic E-state index is 5.48. The number of aromatic nitrogens is 5. The Hall–Kier alpha value is -14.3. The highest BCUT2D eigenvalue weighted by atomic mass is 15.1. The molecule has 0 aliphatic heterocycles. The Bertz CT molecular complexity index is 6560. The first-order chi connectivity index (χ1) is 53.5. The summed E-state index contributed by atoms with van der Waals surface area (Å²) in [5.74, 6) is 2.73. The summed E-state index contributed by atoms with van der Waals surface area (Å²) >= 11 is 0. The quantitative estimate of drug-likeness (QED) is 0.114. The first-order valence-electron chi connectivity index (χ1n) is 37.0. The van der Waals surface area contributed by atoms with Crippen molar-refractivity contribution in [2.75, 3.05) is 0 Å². The molecule has 0 amide bonds. The number of nitrogens with zero attached hydrogens (tertiary/aromatic N) is 5. The van der Waals surface area contributed by atoms with Crippen LogP contribution in [0.1, 0.15) is 22.3 Å². The Morgan fingerprint density at radius 2 is 0.537 bits per heavy atom. The van der Waals surface area contributed by atoms with E-state index in [9.17, 15) is 0 Å². The van der Waals surface area contributed by atoms with Crippen LogP contribution in [0.2, 0.25) is 0 Å². The van der Waals surface area contributed by atoms with Crippen molar-refractivity contribution in [2.45, 2.75) is 5.41 Å². The molecule has 0 saturated heterocycles. The summed E-state index contributed by atoms with van der Waals surface area (Å²) in [6.45, 7) is 0. The smallest absolute Gasteiger partial charge is 0.164 e. The summed E-state index contributed by atoms with van der Waals surface area (Å²) in [4.78, 5) is 21.5. The van der Waals surface area contributed by atoms with Crippen LogP contribution in [-0.2, 0) is 5.41 Å². The standard InChI is InChI=1S/C103H65N5/c1-6-24-66(25-7-1)68-42-46-73(47-43-68)99-105-100(74-48-44-69(45-49-74)67-26-8-2-9-27-67)107-101(106-99)81-57-61-86-84-35-21-23-41-92(84)103(94(86)65-81)91-40-22-20-34-83(91)85-60-56-79(64-93(85)103)77-50-51-78-63-80(53-52-76(78)62-77)96-89-38-18-16-36-87(89)95(88-37-17-19-39-90(88)96)70-54-58-82(59-55-70)108-98(72-30-12-4-13-31-72)97(71-28-10-3-11-29-71)104-102(108)75-32-14-5-15-33-75/h1-65H. The molecule has 5 nitrogen and oxygen atoms in total. The van der Waals surface area contributed by atoms with Gasteiger partial charge in [-0.2, -0.15) is 0 Å². The van der Waals surface area contributed by atoms with Crippen LogP contribution in [0, 0.1) is 0 Å². The minimum atomic E-state index is -0.647. The number of hydrogen-bond acceptors (Lipinski definition) is 4. The van der Waals surface area contributed by atoms with E-state index in [1.807, 2.05) is 0 Å². The molecule has 108 heavy (non-hydrogen) atoms. The third kappa shape index (κ3) is 10.2. The van der Waals surface area contributed by atoms with E-state index in [0.29, 0.717) is 17.5 Å². The van der Waals surface area contributed by atoms with Gasteiger partial charge in [0.05, 0.1) is 16.8 Å². The number of hydrogen-bond donors (Lipinski definition) is 0. The van der Waals surface area contributed by atoms with Gasteiger partial charge in [-0.1, -0.05) is 358 Å². The maximum atomic E-state index is 5.48. The molecule has 1 spiro atoms. The third-order valence-electron chi connectivity index (χ3n) is 22.3. The zero-order chi connectivity index (χ0) is 71.2. The van der Waals surface area contributed by atoms with Gasteiger partial charge < -0.3 is 0 Å². The van der Waals surface area contributed by atoms with Crippen LogP contribution in [0.3, 0.4) is 0 Å². The van der Waals surface area contributed by atoms with Crippen molar-refractivity contribution in [3.63, 3.8) is 0 Å². The predicted molar refractivity (Wildman–Crippen MR) is 446 cm³/mol. The van der Waals surface area contributed by atoms with Crippen molar-refractivity contribution in [1.29, 1.82) is 0 Å². The van der Waals surface area contributed by atoms with Crippen molar-refractivity contribution in [2.24, 2.45) is 0 Å². The number of imidazole rings is 1. The molecule has 1 unspecified atom stereocenters. The molecule has 21 rings (SSSR count). The maximum Gasteiger partial charge on any atom is 0.164 e. The van der Waals surface area contributed by atoms with Crippen LogP contribution >= 0.6 is 0 Å². The van der Waals surface area contributed by atoms with Crippen LogP contribution < -0.4 is 0 Å². The SMILES string of the molecule is c1ccc(-c2ccc(-c3nc(-c4ccc(-c5ccccc5)cc4)nc(-c4ccc5c(c4)C4(c6ccccc6-c6ccc(-c7ccc8cc(-c9c%10ccccc%10c(-c%10ccc(-n%11c(-c%12ccccc%12)nc(-c%12ccccc%12)c%11-c%11ccccc%11)cc%10)c%10ccccc9%10)ccc8c7)cc64)c4ccccc4-5)n3)cc2)cc1. The minimum Gasteiger partial charge on any atom is -0.292 e. The van der Waals surface area contributed by atoms with Crippen molar-refractivity contribution < 1.29 is 0 Å². The van der Waals surface area contributed by atoms with Crippen LogP contribution in [0.25, 0.3) is 184 Å². The summed E-state index contributed by atoms with van der Waals surface area (Å²) < 4.78 is 2.34. The molecule has 0 N–H and O–H groups in total. The second kappa shape index (κ2) is 25.6. The first-order valence-corrected chi connectivity index (χ1v) is 37.0. The van der Waals surface area contributed by atoms with E-state index in [1.54, 1.807) is 0 Å². The highest BCUT2D eigenvalue weighted by molar-refractivity contribution is 6.22. The molecule has 0 saturated carbocycles. The lowest BCUT2D eigenvalue weighted by Crippen LogP contribution is -2.26. The molecule has 1 atom stereocenters. The molecule has 19 aromatic rings. The van der Waals surface area contributed by atoms with Gasteiger partial charge in [0.15, 0.2) is 17.5 Å². The normalized spacial score (nSPS) is 13.2. The molecule has 0 bridgehead atoms. The number of benzene rings is 17. The van der Waals surface area contributed by atoms with Crippen LogP contribution in [-0.4, -0.2) is 24.5 Å². The molecule has 502 valence electrons. The second-order valence-corrected chi connectivity index (χ2v) is 28.3. The monoisotopic (exact) mass is 1370 g/mol. The zero-order valence-corrected chi connectivity index (χ0v) is 58.8. The minimum absolute atomic E-state index is 0.615. The number of fused-ring (bicyclic) bond motifs is 13. The molecule has 2 aromatic heterocycles. The Morgan fingerprint density at radius 1 is 0.204 bits per heavy atom. The van der Waals surface area contributed by atoms with Crippen molar-refractivity contribution in [1.82, 2.24) is 24.5 Å². The van der Waals surface area contributed by atoms with E-state index in [-0.39, 0.29) is 0 Å². The summed E-state index contributed by atoms with van der Waals surface area (Å²) in [7, 11) is 0. The van der Waals surface area contributed by atoms with Gasteiger partial charge in [0.1, 0.15) is 5.82 Å². The summed E-state index contributed by atoms with van der Waals surface area (Å²) in [5.41, 5.74) is 29.9. The van der Waals surface area contributed by atoms with Gasteiger partial charge in [0.25, 0.3) is 0 Å².